The molecule has 0 saturated heterocycles. The summed E-state index contributed by atoms with van der Waals surface area (Å²) >= 11 is 0. The van der Waals surface area contributed by atoms with Gasteiger partial charge in [-0.15, -0.1) is 0 Å². The number of nitrogens with zero attached hydrogens (tertiary/aromatic N) is 2. The van der Waals surface area contributed by atoms with Crippen molar-refractivity contribution in [2.24, 2.45) is 0 Å². The second kappa shape index (κ2) is 6.65. The number of hydrogen-bond donors (Lipinski definition) is 0. The van der Waals surface area contributed by atoms with Gasteiger partial charge in [0.1, 0.15) is 6.42 Å². The normalized spacial score (nSPS) is 17.3. The zero-order chi connectivity index (χ0) is 20.1. The number of halogens is 3. The highest BCUT2D eigenvalue weighted by molar-refractivity contribution is 6.18. The number of benzene rings is 2. The lowest BCUT2D eigenvalue weighted by atomic mass is 9.89. The minimum atomic E-state index is -4.45. The summed E-state index contributed by atoms with van der Waals surface area (Å²) in [7, 11) is 1.65. The van der Waals surface area contributed by atoms with E-state index in [1.54, 1.807) is 13.1 Å². The van der Waals surface area contributed by atoms with E-state index in [9.17, 15) is 22.8 Å². The number of alkyl halides is 3. The van der Waals surface area contributed by atoms with Gasteiger partial charge in [-0.2, -0.15) is 13.2 Å². The molecule has 2 aromatic rings. The van der Waals surface area contributed by atoms with Gasteiger partial charge in [0.15, 0.2) is 0 Å². The van der Waals surface area contributed by atoms with Crippen LogP contribution >= 0.6 is 0 Å². The minimum Gasteiger partial charge on any atom is -0.313 e. The molecule has 2 amide bonds. The molecule has 0 radical (unpaired) electrons. The average Bonchev–Trinajstić information content (AvgIpc) is 2.76. The van der Waals surface area contributed by atoms with Crippen molar-refractivity contribution in [3.8, 4) is 0 Å². The fraction of sp³-hybridized carbons (Fsp3) is 0.333. The van der Waals surface area contributed by atoms with Crippen LogP contribution in [0.5, 0.6) is 0 Å². The Bertz CT molecular complexity index is 951. The molecular weight excluding hydrogens is 369 g/mol. The summed E-state index contributed by atoms with van der Waals surface area (Å²) in [4.78, 5) is 28.3. The molecule has 0 spiro atoms. The van der Waals surface area contributed by atoms with Gasteiger partial charge in [-0.05, 0) is 67.1 Å². The van der Waals surface area contributed by atoms with E-state index in [2.05, 4.69) is 0 Å². The second-order valence-corrected chi connectivity index (χ2v) is 7.18. The maximum absolute atomic E-state index is 12.9. The lowest BCUT2D eigenvalue weighted by Crippen LogP contribution is -2.29. The van der Waals surface area contributed by atoms with Crippen LogP contribution in [0.4, 0.5) is 30.2 Å². The Labute approximate surface area is 160 Å². The zero-order valence-electron chi connectivity index (χ0n) is 15.3. The van der Waals surface area contributed by atoms with Gasteiger partial charge in [0.25, 0.3) is 0 Å². The predicted molar refractivity (Wildman–Crippen MR) is 99.7 cm³/mol. The third-order valence-corrected chi connectivity index (χ3v) is 5.44. The summed E-state index contributed by atoms with van der Waals surface area (Å²) < 4.78 is 38.7. The largest absolute Gasteiger partial charge is 0.416 e. The molecule has 1 aliphatic carbocycles. The molecule has 7 heteroatoms. The van der Waals surface area contributed by atoms with Gasteiger partial charge in [0.05, 0.1) is 16.9 Å². The number of rotatable bonds is 1. The van der Waals surface area contributed by atoms with Crippen LogP contribution in [0.3, 0.4) is 0 Å². The number of carbonyl (C=O) groups is 2. The van der Waals surface area contributed by atoms with E-state index >= 15 is 0 Å². The molecule has 28 heavy (non-hydrogen) atoms. The highest BCUT2D eigenvalue weighted by Gasteiger charge is 2.35. The molecule has 2 aromatic carbocycles. The summed E-state index contributed by atoms with van der Waals surface area (Å²) in [5, 5.41) is 0. The van der Waals surface area contributed by atoms with Crippen molar-refractivity contribution in [2.45, 2.75) is 38.3 Å². The number of amides is 2. The molecule has 0 N–H and O–H groups in total. The van der Waals surface area contributed by atoms with Crippen molar-refractivity contribution >= 4 is 28.9 Å². The summed E-state index contributed by atoms with van der Waals surface area (Å²) in [5.41, 5.74) is 2.97. The van der Waals surface area contributed by atoms with Crippen molar-refractivity contribution in [3.05, 3.63) is 53.1 Å². The highest BCUT2D eigenvalue weighted by Crippen LogP contribution is 2.43. The Morgan fingerprint density at radius 3 is 2.25 bits per heavy atom. The van der Waals surface area contributed by atoms with E-state index < -0.39 is 17.6 Å². The van der Waals surface area contributed by atoms with Gasteiger partial charge in [-0.1, -0.05) is 6.07 Å². The predicted octanol–water partition coefficient (Wildman–Crippen LogP) is 4.62. The minimum absolute atomic E-state index is 0.318. The number of hydrogen-bond acceptors (Lipinski definition) is 2. The fourth-order valence-electron chi connectivity index (χ4n) is 4.02. The quantitative estimate of drug-likeness (QED) is 0.669. The fourth-order valence-corrected chi connectivity index (χ4v) is 4.02. The summed E-state index contributed by atoms with van der Waals surface area (Å²) in [6, 6.07) is 8.22. The van der Waals surface area contributed by atoms with Crippen molar-refractivity contribution in [3.63, 3.8) is 0 Å². The number of carbonyl (C=O) groups excluding carboxylic acids is 2. The molecule has 1 heterocycles. The van der Waals surface area contributed by atoms with Crippen LogP contribution in [-0.4, -0.2) is 18.9 Å². The lowest BCUT2D eigenvalue weighted by Gasteiger charge is -2.29. The maximum atomic E-state index is 12.9. The molecule has 0 fully saturated rings. The first-order valence-electron chi connectivity index (χ1n) is 9.19. The van der Waals surface area contributed by atoms with Crippen molar-refractivity contribution in [1.82, 2.24) is 0 Å². The van der Waals surface area contributed by atoms with Crippen molar-refractivity contribution in [2.75, 3.05) is 16.8 Å². The number of aryl methyl sites for hydroxylation is 1. The van der Waals surface area contributed by atoms with Gasteiger partial charge < -0.3 is 4.90 Å². The molecule has 2 aliphatic rings. The van der Waals surface area contributed by atoms with E-state index in [0.29, 0.717) is 17.1 Å². The van der Waals surface area contributed by atoms with Crippen LogP contribution in [-0.2, 0) is 28.6 Å². The molecule has 0 saturated carbocycles. The molecule has 146 valence electrons. The van der Waals surface area contributed by atoms with Crippen LogP contribution in [0.1, 0.15) is 36.0 Å². The van der Waals surface area contributed by atoms with E-state index in [4.69, 9.17) is 0 Å². The third kappa shape index (κ3) is 3.04. The summed E-state index contributed by atoms with van der Waals surface area (Å²) in [6.07, 6.45) is -0.982. The summed E-state index contributed by atoms with van der Waals surface area (Å²) in [5.74, 6) is -0.772. The van der Waals surface area contributed by atoms with Gasteiger partial charge in [-0.25, -0.2) is 0 Å². The van der Waals surface area contributed by atoms with Crippen LogP contribution in [0.2, 0.25) is 0 Å². The van der Waals surface area contributed by atoms with Gasteiger partial charge >= 0.3 is 6.18 Å². The Hall–Kier alpha value is -2.83. The monoisotopic (exact) mass is 388 g/mol. The molecule has 4 nitrogen and oxygen atoms in total. The van der Waals surface area contributed by atoms with Gasteiger partial charge in [0.2, 0.25) is 11.8 Å². The first kappa shape index (κ1) is 18.5. The lowest BCUT2D eigenvalue weighted by molar-refractivity contribution is -0.137. The maximum Gasteiger partial charge on any atom is 0.416 e. The Balaban J connectivity index is 1.88. The van der Waals surface area contributed by atoms with Gasteiger partial charge in [-0.3, -0.25) is 14.5 Å². The molecule has 0 unspecified atom stereocenters. The van der Waals surface area contributed by atoms with Crippen molar-refractivity contribution < 1.29 is 22.8 Å². The van der Waals surface area contributed by atoms with Crippen LogP contribution in [0.15, 0.2) is 36.4 Å². The van der Waals surface area contributed by atoms with E-state index in [1.807, 2.05) is 6.07 Å². The Morgan fingerprint density at radius 2 is 1.57 bits per heavy atom. The van der Waals surface area contributed by atoms with Crippen LogP contribution in [0, 0.1) is 0 Å². The first-order chi connectivity index (χ1) is 13.3. The number of anilines is 3. The topological polar surface area (TPSA) is 40.6 Å². The smallest absolute Gasteiger partial charge is 0.313 e. The van der Waals surface area contributed by atoms with E-state index in [0.717, 1.165) is 48.9 Å². The van der Waals surface area contributed by atoms with E-state index in [-0.39, 0.29) is 12.3 Å². The molecule has 0 atom stereocenters. The van der Waals surface area contributed by atoms with Crippen LogP contribution in [0.25, 0.3) is 0 Å². The third-order valence-electron chi connectivity index (χ3n) is 5.44. The van der Waals surface area contributed by atoms with Gasteiger partial charge in [0, 0.05) is 12.7 Å². The average molecular weight is 388 g/mol. The molecule has 4 rings (SSSR count). The van der Waals surface area contributed by atoms with Crippen molar-refractivity contribution in [1.29, 1.82) is 0 Å². The molecular formula is C21H19F3N2O2. The zero-order valence-corrected chi connectivity index (χ0v) is 15.3. The molecule has 0 aromatic heterocycles. The molecule has 0 bridgehead atoms. The highest BCUT2D eigenvalue weighted by atomic mass is 19.4. The Kier molecular flexibility index (Phi) is 4.40. The van der Waals surface area contributed by atoms with E-state index in [1.165, 1.54) is 21.9 Å². The first-order valence-corrected chi connectivity index (χ1v) is 9.19. The standard InChI is InChI=1S/C21H19F3N2O2/c1-25-18(27)12-19(28)26(15-9-7-14(8-10-15)21(22,23)24)17-11-6-13-4-2-3-5-16(13)20(17)25/h6-11H,2-5,12H2,1H3. The molecule has 1 aliphatic heterocycles. The summed E-state index contributed by atoms with van der Waals surface area (Å²) in [6.45, 7) is 0. The van der Waals surface area contributed by atoms with Crippen LogP contribution < -0.4 is 9.80 Å². The SMILES string of the molecule is CN1C(=O)CC(=O)N(c2ccc(C(F)(F)F)cc2)c2ccc3c(c21)CCCC3. The second-order valence-electron chi connectivity index (χ2n) is 7.18. The number of fused-ring (bicyclic) bond motifs is 3. The Morgan fingerprint density at radius 1 is 0.893 bits per heavy atom.